The van der Waals surface area contributed by atoms with Gasteiger partial charge in [-0.05, 0) is 38.3 Å². The minimum absolute atomic E-state index is 0. The van der Waals surface area contributed by atoms with Crippen molar-refractivity contribution in [2.24, 2.45) is 5.92 Å². The molecule has 5 nitrogen and oxygen atoms in total. The number of piperidine rings is 1. The van der Waals surface area contributed by atoms with E-state index in [1.54, 1.807) is 7.05 Å². The average molecular weight is 373 g/mol. The summed E-state index contributed by atoms with van der Waals surface area (Å²) >= 11 is 0. The maximum Gasteiger partial charge on any atom is 0.319 e. The third-order valence-electron chi connectivity index (χ3n) is 3.99. The summed E-state index contributed by atoms with van der Waals surface area (Å²) in [5.41, 5.74) is 0. The van der Waals surface area contributed by atoms with Gasteiger partial charge in [-0.1, -0.05) is 0 Å². The van der Waals surface area contributed by atoms with Gasteiger partial charge in [0.15, 0.2) is 0 Å². The number of nitrogens with zero attached hydrogens (tertiary/aromatic N) is 3. The number of alkyl halides is 2. The van der Waals surface area contributed by atoms with Crippen molar-refractivity contribution in [1.29, 1.82) is 0 Å². The highest BCUT2D eigenvalue weighted by Gasteiger charge is 2.18. The van der Waals surface area contributed by atoms with E-state index in [1.165, 1.54) is 17.3 Å². The predicted molar refractivity (Wildman–Crippen MR) is 89.3 cm³/mol. The summed E-state index contributed by atoms with van der Waals surface area (Å²) < 4.78 is 26.2. The molecule has 0 saturated carbocycles. The van der Waals surface area contributed by atoms with Crippen LogP contribution >= 0.6 is 24.8 Å². The van der Waals surface area contributed by atoms with E-state index in [0.29, 0.717) is 12.3 Å². The number of carbonyl (C=O) groups is 1. The first-order valence-electron chi connectivity index (χ1n) is 7.32. The molecule has 0 unspecified atom stereocenters. The van der Waals surface area contributed by atoms with Crippen molar-refractivity contribution in [3.8, 4) is 0 Å². The Morgan fingerprint density at radius 3 is 2.70 bits per heavy atom. The Labute approximate surface area is 147 Å². The molecule has 0 bridgehead atoms. The molecule has 1 aliphatic rings. The summed E-state index contributed by atoms with van der Waals surface area (Å²) in [7, 11) is 1.63. The second kappa shape index (κ2) is 10.8. The fourth-order valence-corrected chi connectivity index (χ4v) is 2.63. The summed E-state index contributed by atoms with van der Waals surface area (Å²) in [4.78, 5) is 17.4. The molecule has 1 N–H and O–H groups in total. The largest absolute Gasteiger partial charge is 0.338 e. The Bertz CT molecular complexity index is 467. The number of nitrogens with one attached hydrogen (secondary N) is 1. The average Bonchev–Trinajstić information content (AvgIpc) is 2.94. The van der Waals surface area contributed by atoms with Crippen molar-refractivity contribution in [2.75, 3.05) is 20.1 Å². The van der Waals surface area contributed by atoms with Crippen LogP contribution in [0.2, 0.25) is 0 Å². The van der Waals surface area contributed by atoms with E-state index in [0.717, 1.165) is 36.9 Å². The SMILES string of the molecule is CN(Cc1nccn1C(F)F)C(=O)CCC1CCNCC1.Cl.Cl. The maximum atomic E-state index is 12.7. The number of carbonyl (C=O) groups excluding carboxylic acids is 1. The van der Waals surface area contributed by atoms with Gasteiger partial charge in [-0.2, -0.15) is 8.78 Å². The highest BCUT2D eigenvalue weighted by molar-refractivity contribution is 5.85. The zero-order chi connectivity index (χ0) is 15.2. The third kappa shape index (κ3) is 6.61. The summed E-state index contributed by atoms with van der Waals surface area (Å²) in [6, 6.07) is 0. The summed E-state index contributed by atoms with van der Waals surface area (Å²) in [6.45, 7) is -0.482. The number of hydrogen-bond donors (Lipinski definition) is 1. The van der Waals surface area contributed by atoms with E-state index in [-0.39, 0.29) is 43.1 Å². The van der Waals surface area contributed by atoms with Crippen molar-refractivity contribution in [3.63, 3.8) is 0 Å². The second-order valence-electron chi connectivity index (χ2n) is 5.51. The minimum atomic E-state index is -2.62. The zero-order valence-electron chi connectivity index (χ0n) is 13.1. The number of rotatable bonds is 6. The Hall–Kier alpha value is -0.920. The quantitative estimate of drug-likeness (QED) is 0.834. The van der Waals surface area contributed by atoms with Crippen molar-refractivity contribution in [2.45, 2.75) is 38.8 Å². The standard InChI is InChI=1S/C14H22F2N4O.2ClH/c1-19(10-12-18-8-9-20(12)14(15)16)13(21)3-2-11-4-6-17-7-5-11;;/h8-9,11,14,17H,2-7,10H2,1H3;2*1H. The van der Waals surface area contributed by atoms with Crippen LogP contribution in [0.3, 0.4) is 0 Å². The topological polar surface area (TPSA) is 50.2 Å². The molecule has 1 aliphatic heterocycles. The second-order valence-corrected chi connectivity index (χ2v) is 5.51. The van der Waals surface area contributed by atoms with Crippen LogP contribution < -0.4 is 5.32 Å². The third-order valence-corrected chi connectivity index (χ3v) is 3.99. The van der Waals surface area contributed by atoms with Crippen molar-refractivity contribution >= 4 is 30.7 Å². The van der Waals surface area contributed by atoms with Gasteiger partial charge in [-0.3, -0.25) is 9.36 Å². The van der Waals surface area contributed by atoms with Gasteiger partial charge in [-0.15, -0.1) is 24.8 Å². The monoisotopic (exact) mass is 372 g/mol. The Balaban J connectivity index is 0.00000242. The maximum absolute atomic E-state index is 12.7. The van der Waals surface area contributed by atoms with Crippen LogP contribution in [0, 0.1) is 5.92 Å². The van der Waals surface area contributed by atoms with Gasteiger partial charge >= 0.3 is 6.55 Å². The normalized spacial score (nSPS) is 15.0. The van der Waals surface area contributed by atoms with Crippen molar-refractivity contribution in [1.82, 2.24) is 19.8 Å². The van der Waals surface area contributed by atoms with Gasteiger partial charge in [0.05, 0.1) is 6.54 Å². The summed E-state index contributed by atoms with van der Waals surface area (Å²) in [5, 5.41) is 3.29. The molecule has 1 aromatic heterocycles. The first-order chi connectivity index (χ1) is 10.1. The summed E-state index contributed by atoms with van der Waals surface area (Å²) in [6.07, 6.45) is 6.10. The molecule has 9 heteroatoms. The lowest BCUT2D eigenvalue weighted by Gasteiger charge is -2.23. The Morgan fingerprint density at radius 1 is 1.43 bits per heavy atom. The highest BCUT2D eigenvalue weighted by atomic mass is 35.5. The van der Waals surface area contributed by atoms with Crippen LogP contribution in [0.1, 0.15) is 38.1 Å². The van der Waals surface area contributed by atoms with E-state index < -0.39 is 6.55 Å². The van der Waals surface area contributed by atoms with Gasteiger partial charge in [0.1, 0.15) is 5.82 Å². The van der Waals surface area contributed by atoms with Crippen molar-refractivity contribution < 1.29 is 13.6 Å². The smallest absolute Gasteiger partial charge is 0.319 e. The van der Waals surface area contributed by atoms with E-state index in [9.17, 15) is 13.6 Å². The zero-order valence-corrected chi connectivity index (χ0v) is 14.7. The highest BCUT2D eigenvalue weighted by Crippen LogP contribution is 2.19. The Kier molecular flexibility index (Phi) is 10.3. The van der Waals surface area contributed by atoms with Crippen molar-refractivity contribution in [3.05, 3.63) is 18.2 Å². The van der Waals surface area contributed by atoms with E-state index in [1.807, 2.05) is 0 Å². The summed E-state index contributed by atoms with van der Waals surface area (Å²) in [5.74, 6) is 0.784. The molecule has 1 fully saturated rings. The number of halogens is 4. The van der Waals surface area contributed by atoms with Crippen LogP contribution in [0.25, 0.3) is 0 Å². The van der Waals surface area contributed by atoms with E-state index >= 15 is 0 Å². The van der Waals surface area contributed by atoms with Gasteiger partial charge in [0.25, 0.3) is 0 Å². The van der Waals surface area contributed by atoms with E-state index in [2.05, 4.69) is 10.3 Å². The van der Waals surface area contributed by atoms with Crippen LogP contribution in [0.15, 0.2) is 12.4 Å². The number of hydrogen-bond acceptors (Lipinski definition) is 3. The molecule has 0 atom stereocenters. The molecule has 1 amide bonds. The van der Waals surface area contributed by atoms with E-state index in [4.69, 9.17) is 0 Å². The number of imidazole rings is 1. The molecular formula is C14H24Cl2F2N4O. The predicted octanol–water partition coefficient (Wildman–Crippen LogP) is 2.86. The van der Waals surface area contributed by atoms with Crippen LogP contribution in [-0.4, -0.2) is 40.5 Å². The lowest BCUT2D eigenvalue weighted by Crippen LogP contribution is -2.30. The molecule has 0 radical (unpaired) electrons. The van der Waals surface area contributed by atoms with Crippen LogP contribution in [0.4, 0.5) is 8.78 Å². The van der Waals surface area contributed by atoms with Crippen LogP contribution in [-0.2, 0) is 11.3 Å². The molecule has 1 aromatic rings. The fourth-order valence-electron chi connectivity index (χ4n) is 2.63. The molecule has 0 aliphatic carbocycles. The van der Waals surface area contributed by atoms with Gasteiger partial charge in [0, 0.05) is 25.9 Å². The van der Waals surface area contributed by atoms with Gasteiger partial charge < -0.3 is 10.2 Å². The minimum Gasteiger partial charge on any atom is -0.338 e. The van der Waals surface area contributed by atoms with Crippen LogP contribution in [0.5, 0.6) is 0 Å². The van der Waals surface area contributed by atoms with Gasteiger partial charge in [0.2, 0.25) is 5.91 Å². The number of amides is 1. The fraction of sp³-hybridized carbons (Fsp3) is 0.714. The molecule has 0 aromatic carbocycles. The first kappa shape index (κ1) is 22.1. The lowest BCUT2D eigenvalue weighted by molar-refractivity contribution is -0.131. The first-order valence-corrected chi connectivity index (χ1v) is 7.32. The molecule has 2 heterocycles. The molecule has 0 spiro atoms. The molecule has 2 rings (SSSR count). The molecule has 1 saturated heterocycles. The van der Waals surface area contributed by atoms with Gasteiger partial charge in [-0.25, -0.2) is 4.98 Å². The number of aromatic nitrogens is 2. The molecular weight excluding hydrogens is 349 g/mol. The Morgan fingerprint density at radius 2 is 2.09 bits per heavy atom. The molecule has 134 valence electrons. The molecule has 23 heavy (non-hydrogen) atoms. The lowest BCUT2D eigenvalue weighted by atomic mass is 9.93.